The topological polar surface area (TPSA) is 54.9 Å². The average Bonchev–Trinajstić information content (AvgIpc) is 3.05. The van der Waals surface area contributed by atoms with Crippen LogP contribution in [0.25, 0.3) is 10.7 Å². The van der Waals surface area contributed by atoms with Gasteiger partial charge in [-0.1, -0.05) is 18.2 Å². The second-order valence-corrected chi connectivity index (χ2v) is 5.80. The first-order chi connectivity index (χ1) is 11.2. The maximum Gasteiger partial charge on any atom is 0.224 e. The van der Waals surface area contributed by atoms with Crippen molar-refractivity contribution >= 4 is 17.2 Å². The lowest BCUT2D eigenvalue weighted by Gasteiger charge is -2.03. The molecule has 1 amide bonds. The van der Waals surface area contributed by atoms with E-state index < -0.39 is 0 Å². The Hall–Kier alpha value is -2.60. The molecular weight excluding hydrogens is 313 g/mol. The SMILES string of the molecule is O=C(Cc1ccc(F)cc1)NCc1csc(-c2ccccn2)n1. The number of carbonyl (C=O) groups excluding carboxylic acids is 1. The molecule has 0 saturated carbocycles. The molecule has 23 heavy (non-hydrogen) atoms. The summed E-state index contributed by atoms with van der Waals surface area (Å²) >= 11 is 1.49. The van der Waals surface area contributed by atoms with Crippen LogP contribution in [-0.2, 0) is 17.8 Å². The Balaban J connectivity index is 1.55. The van der Waals surface area contributed by atoms with E-state index in [1.165, 1.54) is 23.5 Å². The minimum Gasteiger partial charge on any atom is -0.350 e. The number of aromatic nitrogens is 2. The van der Waals surface area contributed by atoms with Crippen LogP contribution in [0.15, 0.2) is 54.0 Å². The summed E-state index contributed by atoms with van der Waals surface area (Å²) in [5.74, 6) is -0.428. The summed E-state index contributed by atoms with van der Waals surface area (Å²) in [6.07, 6.45) is 1.94. The van der Waals surface area contributed by atoms with Gasteiger partial charge >= 0.3 is 0 Å². The molecule has 0 spiro atoms. The van der Waals surface area contributed by atoms with E-state index in [1.807, 2.05) is 23.6 Å². The van der Waals surface area contributed by atoms with Crippen LogP contribution in [0.4, 0.5) is 4.39 Å². The number of halogens is 1. The summed E-state index contributed by atoms with van der Waals surface area (Å²) in [5.41, 5.74) is 2.39. The summed E-state index contributed by atoms with van der Waals surface area (Å²) in [7, 11) is 0. The number of nitrogens with one attached hydrogen (secondary N) is 1. The standard InChI is InChI=1S/C17H14FN3OS/c18-13-6-4-12(5-7-13)9-16(22)20-10-14-11-23-17(21-14)15-3-1-2-8-19-15/h1-8,11H,9-10H2,(H,20,22). The Morgan fingerprint density at radius 2 is 2.00 bits per heavy atom. The minimum atomic E-state index is -0.307. The van der Waals surface area contributed by atoms with Crippen LogP contribution < -0.4 is 5.32 Å². The molecule has 0 unspecified atom stereocenters. The minimum absolute atomic E-state index is 0.121. The highest BCUT2D eigenvalue weighted by Gasteiger charge is 2.08. The molecule has 0 aliphatic carbocycles. The van der Waals surface area contributed by atoms with Crippen molar-refractivity contribution in [2.45, 2.75) is 13.0 Å². The van der Waals surface area contributed by atoms with E-state index >= 15 is 0 Å². The molecule has 6 heteroatoms. The van der Waals surface area contributed by atoms with Gasteiger partial charge in [0.2, 0.25) is 5.91 Å². The first kappa shape index (κ1) is 15.3. The van der Waals surface area contributed by atoms with Crippen LogP contribution in [0, 0.1) is 5.82 Å². The van der Waals surface area contributed by atoms with Crippen LogP contribution in [0.5, 0.6) is 0 Å². The van der Waals surface area contributed by atoms with Gasteiger partial charge in [0.15, 0.2) is 0 Å². The smallest absolute Gasteiger partial charge is 0.224 e. The van der Waals surface area contributed by atoms with Crippen molar-refractivity contribution in [3.8, 4) is 10.7 Å². The molecule has 0 aliphatic rings. The maximum absolute atomic E-state index is 12.8. The number of nitrogens with zero attached hydrogens (tertiary/aromatic N) is 2. The predicted octanol–water partition coefficient (Wildman–Crippen LogP) is 3.20. The monoisotopic (exact) mass is 327 g/mol. The van der Waals surface area contributed by atoms with Gasteiger partial charge in [0.05, 0.1) is 24.4 Å². The van der Waals surface area contributed by atoms with Crippen molar-refractivity contribution in [1.29, 1.82) is 0 Å². The molecule has 4 nitrogen and oxygen atoms in total. The second-order valence-electron chi connectivity index (χ2n) is 4.94. The zero-order valence-electron chi connectivity index (χ0n) is 12.2. The first-order valence-electron chi connectivity index (χ1n) is 7.07. The van der Waals surface area contributed by atoms with Gasteiger partial charge in [-0.3, -0.25) is 9.78 Å². The molecule has 0 bridgehead atoms. The number of hydrogen-bond donors (Lipinski definition) is 1. The number of amides is 1. The Bertz CT molecular complexity index is 787. The third-order valence-corrected chi connectivity index (χ3v) is 4.09. The first-order valence-corrected chi connectivity index (χ1v) is 7.95. The molecule has 2 aromatic heterocycles. The Morgan fingerprint density at radius 1 is 1.17 bits per heavy atom. The highest BCUT2D eigenvalue weighted by Crippen LogP contribution is 2.21. The van der Waals surface area contributed by atoms with Crippen LogP contribution in [0.1, 0.15) is 11.3 Å². The van der Waals surface area contributed by atoms with Crippen LogP contribution in [-0.4, -0.2) is 15.9 Å². The van der Waals surface area contributed by atoms with E-state index in [0.29, 0.717) is 6.54 Å². The summed E-state index contributed by atoms with van der Waals surface area (Å²) in [4.78, 5) is 20.6. The molecule has 1 aromatic carbocycles. The predicted molar refractivity (Wildman–Crippen MR) is 87.3 cm³/mol. The van der Waals surface area contributed by atoms with Crippen molar-refractivity contribution in [3.05, 3.63) is 71.1 Å². The average molecular weight is 327 g/mol. The van der Waals surface area contributed by atoms with Crippen molar-refractivity contribution < 1.29 is 9.18 Å². The lowest BCUT2D eigenvalue weighted by Crippen LogP contribution is -2.24. The molecule has 0 saturated heterocycles. The van der Waals surface area contributed by atoms with Gasteiger partial charge in [-0.15, -0.1) is 11.3 Å². The number of thiazole rings is 1. The second kappa shape index (κ2) is 7.11. The lowest BCUT2D eigenvalue weighted by molar-refractivity contribution is -0.120. The molecule has 0 radical (unpaired) electrons. The van der Waals surface area contributed by atoms with Crippen molar-refractivity contribution in [1.82, 2.24) is 15.3 Å². The van der Waals surface area contributed by atoms with Gasteiger partial charge < -0.3 is 5.32 Å². The zero-order chi connectivity index (χ0) is 16.1. The summed E-state index contributed by atoms with van der Waals surface area (Å²) in [6, 6.07) is 11.6. The van der Waals surface area contributed by atoms with Gasteiger partial charge in [0, 0.05) is 11.6 Å². The summed E-state index contributed by atoms with van der Waals surface area (Å²) in [5, 5.41) is 5.55. The van der Waals surface area contributed by atoms with Gasteiger partial charge in [-0.05, 0) is 29.8 Å². The van der Waals surface area contributed by atoms with E-state index in [2.05, 4.69) is 15.3 Å². The van der Waals surface area contributed by atoms with Crippen molar-refractivity contribution in [2.75, 3.05) is 0 Å². The quantitative estimate of drug-likeness (QED) is 0.783. The number of hydrogen-bond acceptors (Lipinski definition) is 4. The molecular formula is C17H14FN3OS. The van der Waals surface area contributed by atoms with E-state index in [-0.39, 0.29) is 18.1 Å². The highest BCUT2D eigenvalue weighted by molar-refractivity contribution is 7.13. The summed E-state index contributed by atoms with van der Waals surface area (Å²) < 4.78 is 12.8. The maximum atomic E-state index is 12.8. The number of pyridine rings is 1. The number of benzene rings is 1. The van der Waals surface area contributed by atoms with E-state index in [4.69, 9.17) is 0 Å². The largest absolute Gasteiger partial charge is 0.350 e. The van der Waals surface area contributed by atoms with Gasteiger partial charge in [-0.2, -0.15) is 0 Å². The summed E-state index contributed by atoms with van der Waals surface area (Å²) in [6.45, 7) is 0.364. The number of rotatable bonds is 5. The van der Waals surface area contributed by atoms with Crippen LogP contribution >= 0.6 is 11.3 Å². The van der Waals surface area contributed by atoms with E-state index in [1.54, 1.807) is 18.3 Å². The Labute approximate surface area is 137 Å². The van der Waals surface area contributed by atoms with Gasteiger partial charge in [-0.25, -0.2) is 9.37 Å². The molecule has 3 aromatic rings. The molecule has 1 N–H and O–H groups in total. The highest BCUT2D eigenvalue weighted by atomic mass is 32.1. The normalized spacial score (nSPS) is 10.5. The molecule has 2 heterocycles. The molecule has 3 rings (SSSR count). The van der Waals surface area contributed by atoms with Gasteiger partial charge in [0.1, 0.15) is 10.8 Å². The fourth-order valence-corrected chi connectivity index (χ4v) is 2.83. The fourth-order valence-electron chi connectivity index (χ4n) is 2.03. The molecule has 0 aliphatic heterocycles. The number of carbonyl (C=O) groups is 1. The van der Waals surface area contributed by atoms with E-state index in [0.717, 1.165) is 22.0 Å². The fraction of sp³-hybridized carbons (Fsp3) is 0.118. The van der Waals surface area contributed by atoms with Crippen molar-refractivity contribution in [3.63, 3.8) is 0 Å². The van der Waals surface area contributed by atoms with Gasteiger partial charge in [0.25, 0.3) is 0 Å². The zero-order valence-corrected chi connectivity index (χ0v) is 13.0. The Morgan fingerprint density at radius 3 is 2.74 bits per heavy atom. The Kier molecular flexibility index (Phi) is 4.73. The third kappa shape index (κ3) is 4.20. The molecule has 0 fully saturated rings. The van der Waals surface area contributed by atoms with Crippen LogP contribution in [0.2, 0.25) is 0 Å². The van der Waals surface area contributed by atoms with Crippen LogP contribution in [0.3, 0.4) is 0 Å². The van der Waals surface area contributed by atoms with E-state index in [9.17, 15) is 9.18 Å². The molecule has 0 atom stereocenters. The lowest BCUT2D eigenvalue weighted by atomic mass is 10.1. The molecule has 116 valence electrons. The third-order valence-electron chi connectivity index (χ3n) is 3.18. The van der Waals surface area contributed by atoms with Crippen molar-refractivity contribution in [2.24, 2.45) is 0 Å².